The number of hydrogen-bond acceptors (Lipinski definition) is 3. The maximum atomic E-state index is 5.85. The lowest BCUT2D eigenvalue weighted by atomic mass is 10.1. The Bertz CT molecular complexity index is 402. The molecule has 1 aromatic rings. The Kier molecular flexibility index (Phi) is 3.86. The second-order valence-electron chi connectivity index (χ2n) is 4.39. The van der Waals surface area contributed by atoms with Gasteiger partial charge in [-0.05, 0) is 38.8 Å². The first kappa shape index (κ1) is 12.9. The largest absolute Gasteiger partial charge is 0.471 e. The van der Waals surface area contributed by atoms with Gasteiger partial charge in [-0.1, -0.05) is 19.1 Å². The van der Waals surface area contributed by atoms with E-state index in [-0.39, 0.29) is 5.60 Å². The predicted octanol–water partition coefficient (Wildman–Crippen LogP) is 2.59. The van der Waals surface area contributed by atoms with Crippen LogP contribution >= 0.6 is 12.2 Å². The molecule has 0 atom stereocenters. The van der Waals surface area contributed by atoms with Gasteiger partial charge in [0, 0.05) is 6.20 Å². The van der Waals surface area contributed by atoms with Gasteiger partial charge in [0.15, 0.2) is 0 Å². The van der Waals surface area contributed by atoms with Gasteiger partial charge in [-0.3, -0.25) is 0 Å². The van der Waals surface area contributed by atoms with Gasteiger partial charge in [-0.15, -0.1) is 0 Å². The molecule has 4 heteroatoms. The fourth-order valence-corrected chi connectivity index (χ4v) is 1.49. The average Bonchev–Trinajstić information content (AvgIpc) is 2.16. The van der Waals surface area contributed by atoms with Crippen LogP contribution < -0.4 is 10.5 Å². The standard InChI is InChI=1S/C12H18N2OS/c1-5-12(3,4)15-11-9(10(13)16)8(2)6-7-14-11/h6-7H,5H2,1-4H3,(H2,13,16). The van der Waals surface area contributed by atoms with Crippen LogP contribution in [-0.4, -0.2) is 15.6 Å². The van der Waals surface area contributed by atoms with Gasteiger partial charge >= 0.3 is 0 Å². The number of pyridine rings is 1. The number of nitrogens with two attached hydrogens (primary N) is 1. The van der Waals surface area contributed by atoms with E-state index >= 15 is 0 Å². The summed E-state index contributed by atoms with van der Waals surface area (Å²) >= 11 is 5.02. The van der Waals surface area contributed by atoms with E-state index in [0.717, 1.165) is 17.5 Å². The summed E-state index contributed by atoms with van der Waals surface area (Å²) in [7, 11) is 0. The molecule has 0 spiro atoms. The van der Waals surface area contributed by atoms with Crippen molar-refractivity contribution in [3.8, 4) is 5.88 Å². The highest BCUT2D eigenvalue weighted by molar-refractivity contribution is 7.80. The summed E-state index contributed by atoms with van der Waals surface area (Å²) in [5.74, 6) is 0.527. The van der Waals surface area contributed by atoms with Crippen molar-refractivity contribution < 1.29 is 4.74 Å². The Labute approximate surface area is 102 Å². The average molecular weight is 238 g/mol. The molecule has 0 bridgehead atoms. The Morgan fingerprint density at radius 2 is 2.19 bits per heavy atom. The molecule has 0 amide bonds. The second kappa shape index (κ2) is 4.78. The highest BCUT2D eigenvalue weighted by Crippen LogP contribution is 2.24. The normalized spacial score (nSPS) is 11.2. The molecule has 1 heterocycles. The van der Waals surface area contributed by atoms with Crippen molar-refractivity contribution in [2.45, 2.75) is 39.7 Å². The molecule has 0 saturated carbocycles. The van der Waals surface area contributed by atoms with Crippen molar-refractivity contribution in [3.05, 3.63) is 23.4 Å². The number of hydrogen-bond donors (Lipinski definition) is 1. The zero-order valence-electron chi connectivity index (χ0n) is 10.2. The molecule has 2 N–H and O–H groups in total. The van der Waals surface area contributed by atoms with Crippen LogP contribution in [0.4, 0.5) is 0 Å². The second-order valence-corrected chi connectivity index (χ2v) is 4.83. The minimum Gasteiger partial charge on any atom is -0.471 e. The number of nitrogens with zero attached hydrogens (tertiary/aromatic N) is 1. The first-order valence-electron chi connectivity index (χ1n) is 5.32. The molecule has 0 aliphatic rings. The molecule has 16 heavy (non-hydrogen) atoms. The van der Waals surface area contributed by atoms with E-state index in [1.165, 1.54) is 0 Å². The number of thiocarbonyl (C=S) groups is 1. The summed E-state index contributed by atoms with van der Waals surface area (Å²) in [4.78, 5) is 4.53. The van der Waals surface area contributed by atoms with Crippen LogP contribution in [0.1, 0.15) is 38.3 Å². The topological polar surface area (TPSA) is 48.1 Å². The molecule has 0 aliphatic heterocycles. The van der Waals surface area contributed by atoms with Crippen LogP contribution in [0, 0.1) is 6.92 Å². The Hall–Kier alpha value is -1.16. The number of rotatable bonds is 4. The molecule has 0 saturated heterocycles. The molecular weight excluding hydrogens is 220 g/mol. The van der Waals surface area contributed by atoms with Crippen LogP contribution in [0.25, 0.3) is 0 Å². The van der Waals surface area contributed by atoms with Crippen LogP contribution in [0.15, 0.2) is 12.3 Å². The van der Waals surface area contributed by atoms with Gasteiger partial charge in [0.25, 0.3) is 0 Å². The van der Waals surface area contributed by atoms with E-state index in [4.69, 9.17) is 22.7 Å². The van der Waals surface area contributed by atoms with Gasteiger partial charge in [0.1, 0.15) is 10.6 Å². The fourth-order valence-electron chi connectivity index (χ4n) is 1.24. The minimum atomic E-state index is -0.264. The minimum absolute atomic E-state index is 0.264. The molecule has 1 aromatic heterocycles. The van der Waals surface area contributed by atoms with Gasteiger partial charge in [-0.25, -0.2) is 4.98 Å². The van der Waals surface area contributed by atoms with E-state index in [0.29, 0.717) is 10.9 Å². The lowest BCUT2D eigenvalue weighted by Crippen LogP contribution is -2.29. The lowest BCUT2D eigenvalue weighted by Gasteiger charge is -2.25. The van der Waals surface area contributed by atoms with Crippen LogP contribution in [-0.2, 0) is 0 Å². The predicted molar refractivity (Wildman–Crippen MR) is 69.9 cm³/mol. The molecular formula is C12H18N2OS. The van der Waals surface area contributed by atoms with Crippen molar-refractivity contribution in [3.63, 3.8) is 0 Å². The molecule has 0 aliphatic carbocycles. The summed E-state index contributed by atoms with van der Waals surface area (Å²) in [5.41, 5.74) is 7.15. The first-order chi connectivity index (χ1) is 7.37. The summed E-state index contributed by atoms with van der Waals surface area (Å²) in [6.07, 6.45) is 2.59. The Morgan fingerprint density at radius 3 is 2.69 bits per heavy atom. The van der Waals surface area contributed by atoms with Crippen LogP contribution in [0.2, 0.25) is 0 Å². The fraction of sp³-hybridized carbons (Fsp3) is 0.500. The Balaban J connectivity index is 3.14. The van der Waals surface area contributed by atoms with Crippen molar-refractivity contribution in [2.24, 2.45) is 5.73 Å². The van der Waals surface area contributed by atoms with Crippen molar-refractivity contribution >= 4 is 17.2 Å². The molecule has 0 radical (unpaired) electrons. The number of aryl methyl sites for hydroxylation is 1. The zero-order chi connectivity index (χ0) is 12.3. The molecule has 3 nitrogen and oxygen atoms in total. The maximum Gasteiger partial charge on any atom is 0.224 e. The van der Waals surface area contributed by atoms with Gasteiger partial charge in [-0.2, -0.15) is 0 Å². The van der Waals surface area contributed by atoms with E-state index in [9.17, 15) is 0 Å². The van der Waals surface area contributed by atoms with Crippen LogP contribution in [0.5, 0.6) is 5.88 Å². The quantitative estimate of drug-likeness (QED) is 0.819. The van der Waals surface area contributed by atoms with E-state index < -0.39 is 0 Å². The third kappa shape index (κ3) is 2.92. The highest BCUT2D eigenvalue weighted by Gasteiger charge is 2.21. The highest BCUT2D eigenvalue weighted by atomic mass is 32.1. The molecule has 88 valence electrons. The summed E-state index contributed by atoms with van der Waals surface area (Å²) in [6, 6.07) is 1.88. The SMILES string of the molecule is CCC(C)(C)Oc1nccc(C)c1C(N)=S. The summed E-state index contributed by atoms with van der Waals surface area (Å²) < 4.78 is 5.85. The monoisotopic (exact) mass is 238 g/mol. The number of aromatic nitrogens is 1. The third-order valence-electron chi connectivity index (χ3n) is 2.60. The van der Waals surface area contributed by atoms with Gasteiger partial charge in [0.05, 0.1) is 5.56 Å². The van der Waals surface area contributed by atoms with E-state index in [1.807, 2.05) is 26.8 Å². The summed E-state index contributed by atoms with van der Waals surface area (Å²) in [5, 5.41) is 0. The smallest absolute Gasteiger partial charge is 0.224 e. The molecule has 0 unspecified atom stereocenters. The molecule has 0 aromatic carbocycles. The van der Waals surface area contributed by atoms with Crippen molar-refractivity contribution in [1.29, 1.82) is 0 Å². The van der Waals surface area contributed by atoms with Crippen molar-refractivity contribution in [1.82, 2.24) is 4.98 Å². The van der Waals surface area contributed by atoms with E-state index in [1.54, 1.807) is 6.20 Å². The van der Waals surface area contributed by atoms with Gasteiger partial charge < -0.3 is 10.5 Å². The third-order valence-corrected chi connectivity index (χ3v) is 2.80. The van der Waals surface area contributed by atoms with Crippen LogP contribution in [0.3, 0.4) is 0 Å². The lowest BCUT2D eigenvalue weighted by molar-refractivity contribution is 0.0987. The van der Waals surface area contributed by atoms with Gasteiger partial charge in [0.2, 0.25) is 5.88 Å². The maximum absolute atomic E-state index is 5.85. The molecule has 1 rings (SSSR count). The first-order valence-corrected chi connectivity index (χ1v) is 5.72. The Morgan fingerprint density at radius 1 is 1.56 bits per heavy atom. The van der Waals surface area contributed by atoms with Crippen molar-refractivity contribution in [2.75, 3.05) is 0 Å². The molecule has 0 fully saturated rings. The zero-order valence-corrected chi connectivity index (χ0v) is 11.0. The summed E-state index contributed by atoms with van der Waals surface area (Å²) in [6.45, 7) is 8.04. The van der Waals surface area contributed by atoms with E-state index in [2.05, 4.69) is 11.9 Å². The number of ether oxygens (including phenoxy) is 1.